The molecule has 0 amide bonds. The largest absolute Gasteiger partial charge is 0.458 e. The quantitative estimate of drug-likeness (QED) is 0.553. The van der Waals surface area contributed by atoms with Gasteiger partial charge >= 0.3 is 17.9 Å². The fourth-order valence-corrected chi connectivity index (χ4v) is 6.23. The highest BCUT2D eigenvalue weighted by atomic mass is 16.6. The van der Waals surface area contributed by atoms with Gasteiger partial charge < -0.3 is 14.2 Å². The van der Waals surface area contributed by atoms with Crippen molar-refractivity contribution in [3.8, 4) is 0 Å². The van der Waals surface area contributed by atoms with Gasteiger partial charge in [-0.1, -0.05) is 27.2 Å². The van der Waals surface area contributed by atoms with Crippen molar-refractivity contribution in [2.45, 2.75) is 84.0 Å². The predicted molar refractivity (Wildman–Crippen MR) is 95.4 cm³/mol. The minimum Gasteiger partial charge on any atom is -0.458 e. The number of ether oxygens (including phenoxy) is 3. The second kappa shape index (κ2) is 6.21. The number of fused-ring (bicyclic) bond motifs is 4. The Kier molecular flexibility index (Phi) is 4.32. The molecule has 5 aliphatic rings. The maximum Gasteiger partial charge on any atom is 0.351 e. The third kappa shape index (κ3) is 2.78. The van der Waals surface area contributed by atoms with Gasteiger partial charge in [-0.25, -0.2) is 4.79 Å². The number of rotatable bonds is 4. The molecule has 6 nitrogen and oxygen atoms in total. The summed E-state index contributed by atoms with van der Waals surface area (Å²) < 4.78 is 16.6. The van der Waals surface area contributed by atoms with Crippen LogP contribution in [0.25, 0.3) is 0 Å². The normalized spacial score (nSPS) is 44.1. The van der Waals surface area contributed by atoms with Gasteiger partial charge in [-0.05, 0) is 42.4 Å². The molecule has 4 saturated carbocycles. The minimum absolute atomic E-state index is 0.0518. The first-order chi connectivity index (χ1) is 12.7. The van der Waals surface area contributed by atoms with E-state index in [4.69, 9.17) is 14.2 Å². The molecule has 1 aliphatic heterocycles. The van der Waals surface area contributed by atoms with Crippen molar-refractivity contribution in [3.63, 3.8) is 0 Å². The van der Waals surface area contributed by atoms with Gasteiger partial charge in [-0.2, -0.15) is 0 Å². The van der Waals surface area contributed by atoms with Gasteiger partial charge in [0.15, 0.2) is 0 Å². The van der Waals surface area contributed by atoms with Gasteiger partial charge in [0.2, 0.25) is 5.60 Å². The highest BCUT2D eigenvalue weighted by Crippen LogP contribution is 2.64. The summed E-state index contributed by atoms with van der Waals surface area (Å²) in [4.78, 5) is 36.6. The van der Waals surface area contributed by atoms with Crippen LogP contribution in [0.4, 0.5) is 0 Å². The van der Waals surface area contributed by atoms with Crippen LogP contribution < -0.4 is 0 Å². The Labute approximate surface area is 160 Å². The molecule has 4 aliphatic carbocycles. The molecule has 5 fully saturated rings. The maximum atomic E-state index is 13.0. The van der Waals surface area contributed by atoms with Crippen LogP contribution in [0.2, 0.25) is 0 Å². The molecule has 0 aromatic heterocycles. The van der Waals surface area contributed by atoms with Crippen LogP contribution in [0, 0.1) is 29.1 Å². The maximum absolute atomic E-state index is 13.0. The van der Waals surface area contributed by atoms with Crippen LogP contribution >= 0.6 is 0 Å². The van der Waals surface area contributed by atoms with E-state index in [0.717, 1.165) is 12.8 Å². The number of esters is 3. The summed E-state index contributed by atoms with van der Waals surface area (Å²) in [5.74, 6) is 0.365. The first-order valence-corrected chi connectivity index (χ1v) is 10.3. The fourth-order valence-electron chi connectivity index (χ4n) is 6.23. The van der Waals surface area contributed by atoms with Crippen molar-refractivity contribution in [1.29, 1.82) is 0 Å². The Hall–Kier alpha value is -1.59. The lowest BCUT2D eigenvalue weighted by Gasteiger charge is -2.62. The van der Waals surface area contributed by atoms with E-state index < -0.39 is 29.7 Å². The second-order valence-corrected chi connectivity index (χ2v) is 9.52. The van der Waals surface area contributed by atoms with Gasteiger partial charge in [0.05, 0.1) is 5.92 Å². The summed E-state index contributed by atoms with van der Waals surface area (Å²) in [7, 11) is 0. The summed E-state index contributed by atoms with van der Waals surface area (Å²) in [6.45, 7) is 8.10. The van der Waals surface area contributed by atoms with Crippen molar-refractivity contribution < 1.29 is 28.6 Å². The Bertz CT molecular complexity index is 670. The summed E-state index contributed by atoms with van der Waals surface area (Å²) >= 11 is 0. The molecular weight excluding hydrogens is 348 g/mol. The van der Waals surface area contributed by atoms with Crippen LogP contribution in [0.15, 0.2) is 0 Å². The van der Waals surface area contributed by atoms with Crippen molar-refractivity contribution >= 4 is 17.9 Å². The smallest absolute Gasteiger partial charge is 0.351 e. The fraction of sp³-hybridized carbons (Fsp3) is 0.857. The molecule has 6 heteroatoms. The summed E-state index contributed by atoms with van der Waals surface area (Å²) in [6, 6.07) is 0. The first-order valence-electron chi connectivity index (χ1n) is 10.3. The average molecular weight is 378 g/mol. The van der Waals surface area contributed by atoms with Crippen molar-refractivity contribution in [3.05, 3.63) is 0 Å². The summed E-state index contributed by atoms with van der Waals surface area (Å²) in [5.41, 5.74) is -0.852. The standard InChI is InChI=1S/C21H30O6/c1-5-13-14(8-12-9-15(13)20(12,3)4)18(23)25-16-6-7-21(27-11(2)22)10-17(16)26-19(21)24/h12-17H,5-10H2,1-4H3. The van der Waals surface area contributed by atoms with E-state index in [0.29, 0.717) is 36.0 Å². The van der Waals surface area contributed by atoms with E-state index >= 15 is 0 Å². The SMILES string of the molecule is CCC1C(C(=O)OC2CCC3(OC(C)=O)CC2OC3=O)CC2CC1C2(C)C. The van der Waals surface area contributed by atoms with Crippen LogP contribution in [-0.2, 0) is 28.6 Å². The van der Waals surface area contributed by atoms with E-state index in [1.165, 1.54) is 13.3 Å². The van der Waals surface area contributed by atoms with Crippen LogP contribution in [-0.4, -0.2) is 35.7 Å². The average Bonchev–Trinajstić information content (AvgIpc) is 2.87. The van der Waals surface area contributed by atoms with Crippen molar-refractivity contribution in [1.82, 2.24) is 0 Å². The van der Waals surface area contributed by atoms with E-state index in [2.05, 4.69) is 20.8 Å². The monoisotopic (exact) mass is 378 g/mol. The molecule has 0 N–H and O–H groups in total. The predicted octanol–water partition coefficient (Wildman–Crippen LogP) is 3.02. The molecule has 150 valence electrons. The molecular formula is C21H30O6. The van der Waals surface area contributed by atoms with E-state index in [1.54, 1.807) is 0 Å². The molecule has 5 rings (SSSR count). The Morgan fingerprint density at radius 1 is 1.26 bits per heavy atom. The zero-order chi connectivity index (χ0) is 19.6. The highest BCUT2D eigenvalue weighted by Gasteiger charge is 2.61. The van der Waals surface area contributed by atoms with E-state index in [-0.39, 0.29) is 18.3 Å². The Morgan fingerprint density at radius 3 is 2.63 bits per heavy atom. The lowest BCUT2D eigenvalue weighted by Crippen LogP contribution is -2.57. The summed E-state index contributed by atoms with van der Waals surface area (Å²) in [6.07, 6.45) is 3.28. The number of carbonyl (C=O) groups excluding carboxylic acids is 3. The molecule has 7 atom stereocenters. The molecule has 0 radical (unpaired) electrons. The molecule has 4 bridgehead atoms. The zero-order valence-electron chi connectivity index (χ0n) is 16.7. The number of carbonyl (C=O) groups is 3. The van der Waals surface area contributed by atoms with E-state index in [9.17, 15) is 14.4 Å². The Balaban J connectivity index is 1.41. The van der Waals surface area contributed by atoms with Crippen LogP contribution in [0.3, 0.4) is 0 Å². The molecule has 1 heterocycles. The van der Waals surface area contributed by atoms with Gasteiger partial charge in [0.25, 0.3) is 0 Å². The topological polar surface area (TPSA) is 78.9 Å². The lowest BCUT2D eigenvalue weighted by atomic mass is 9.43. The molecule has 0 aromatic rings. The highest BCUT2D eigenvalue weighted by molar-refractivity contribution is 5.85. The third-order valence-electron chi connectivity index (χ3n) is 7.91. The van der Waals surface area contributed by atoms with Crippen molar-refractivity contribution in [2.75, 3.05) is 0 Å². The number of hydrogen-bond donors (Lipinski definition) is 0. The third-order valence-corrected chi connectivity index (χ3v) is 7.91. The number of hydrogen-bond acceptors (Lipinski definition) is 6. The zero-order valence-corrected chi connectivity index (χ0v) is 16.7. The molecule has 0 spiro atoms. The lowest BCUT2D eigenvalue weighted by molar-refractivity contribution is -0.186. The Morgan fingerprint density at radius 2 is 2.00 bits per heavy atom. The van der Waals surface area contributed by atoms with Crippen LogP contribution in [0.5, 0.6) is 0 Å². The van der Waals surface area contributed by atoms with Crippen LogP contribution in [0.1, 0.15) is 66.2 Å². The van der Waals surface area contributed by atoms with E-state index in [1.807, 2.05) is 0 Å². The van der Waals surface area contributed by atoms with Gasteiger partial charge in [0, 0.05) is 19.8 Å². The molecule has 27 heavy (non-hydrogen) atoms. The molecule has 7 unspecified atom stereocenters. The van der Waals surface area contributed by atoms with Gasteiger partial charge in [-0.15, -0.1) is 0 Å². The van der Waals surface area contributed by atoms with Crippen molar-refractivity contribution in [2.24, 2.45) is 29.1 Å². The first kappa shape index (κ1) is 18.8. The van der Waals surface area contributed by atoms with Gasteiger partial charge in [-0.3, -0.25) is 9.59 Å². The van der Waals surface area contributed by atoms with Gasteiger partial charge in [0.1, 0.15) is 12.2 Å². The minimum atomic E-state index is -1.18. The summed E-state index contributed by atoms with van der Waals surface area (Å²) in [5, 5.41) is 0. The molecule has 0 aromatic carbocycles. The second-order valence-electron chi connectivity index (χ2n) is 9.52. The molecule has 1 saturated heterocycles.